The number of carbonyl (C=O) groups excluding carboxylic acids is 2. The first-order chi connectivity index (χ1) is 17.4. The van der Waals surface area contributed by atoms with E-state index in [-0.39, 0.29) is 17.6 Å². The van der Waals surface area contributed by atoms with Crippen molar-refractivity contribution in [3.8, 4) is 6.07 Å². The molecule has 2 heterocycles. The monoisotopic (exact) mass is 534 g/mol. The molecular formula is C27H23ClN4O2S2. The van der Waals surface area contributed by atoms with E-state index in [0.29, 0.717) is 38.3 Å². The highest BCUT2D eigenvalue weighted by molar-refractivity contribution is 8.03. The molecule has 3 N–H and O–H groups in total. The Hall–Kier alpha value is -3.51. The third-order valence-corrected chi connectivity index (χ3v) is 7.73. The van der Waals surface area contributed by atoms with Gasteiger partial charge in [0.25, 0.3) is 5.91 Å². The van der Waals surface area contributed by atoms with Crippen LogP contribution in [0.5, 0.6) is 0 Å². The van der Waals surface area contributed by atoms with Crippen molar-refractivity contribution in [2.45, 2.75) is 19.8 Å². The van der Waals surface area contributed by atoms with Crippen LogP contribution in [-0.4, -0.2) is 17.6 Å². The van der Waals surface area contributed by atoms with E-state index >= 15 is 0 Å². The number of thiophene rings is 1. The zero-order valence-corrected chi connectivity index (χ0v) is 22.0. The summed E-state index contributed by atoms with van der Waals surface area (Å²) in [6.45, 7) is 3.68. The summed E-state index contributed by atoms with van der Waals surface area (Å²) >= 11 is 8.80. The average Bonchev–Trinajstić information content (AvgIpc) is 3.40. The summed E-state index contributed by atoms with van der Waals surface area (Å²) < 4.78 is 0. The van der Waals surface area contributed by atoms with Crippen molar-refractivity contribution in [3.63, 3.8) is 0 Å². The predicted molar refractivity (Wildman–Crippen MR) is 148 cm³/mol. The fraction of sp³-hybridized carbons (Fsp3) is 0.148. The standard InChI is InChI=1S/C27H23ClN4O2S2/c1-16-12-20(8-9-22(16)28)31-23(33)15-36-27-21(13-29)25(18-10-11-35-14-18)24(17(2)30-27)26(34)32-19-6-4-3-5-7-19/h3-12,14,25,30H,15H2,1-2H3,(H,31,33)(H,32,34). The molecule has 0 fully saturated rings. The number of hydrogen-bond donors (Lipinski definition) is 3. The summed E-state index contributed by atoms with van der Waals surface area (Å²) in [5, 5.41) is 24.2. The lowest BCUT2D eigenvalue weighted by molar-refractivity contribution is -0.114. The molecule has 0 saturated carbocycles. The van der Waals surface area contributed by atoms with Crippen LogP contribution in [0.15, 0.2) is 87.2 Å². The summed E-state index contributed by atoms with van der Waals surface area (Å²) in [6, 6.07) is 18.7. The number of halogens is 1. The molecule has 182 valence electrons. The van der Waals surface area contributed by atoms with E-state index in [4.69, 9.17) is 11.6 Å². The first kappa shape index (κ1) is 25.6. The normalized spacial score (nSPS) is 15.2. The third-order valence-electron chi connectivity index (χ3n) is 5.59. The minimum absolute atomic E-state index is 0.0877. The van der Waals surface area contributed by atoms with Gasteiger partial charge in [0.05, 0.1) is 28.3 Å². The van der Waals surface area contributed by atoms with E-state index in [1.165, 1.54) is 23.1 Å². The minimum Gasteiger partial charge on any atom is -0.353 e. The number of dihydropyridines is 1. The zero-order chi connectivity index (χ0) is 25.7. The fourth-order valence-electron chi connectivity index (χ4n) is 3.88. The molecule has 1 aromatic heterocycles. The highest BCUT2D eigenvalue weighted by atomic mass is 35.5. The molecule has 2 amide bonds. The van der Waals surface area contributed by atoms with Gasteiger partial charge < -0.3 is 16.0 Å². The number of allylic oxidation sites excluding steroid dienone is 2. The van der Waals surface area contributed by atoms with E-state index in [0.717, 1.165) is 11.1 Å². The SMILES string of the molecule is CC1=C(C(=O)Nc2ccccc2)C(c2ccsc2)C(C#N)=C(SCC(=O)Nc2ccc(Cl)c(C)c2)N1. The molecule has 3 aromatic rings. The van der Waals surface area contributed by atoms with Gasteiger partial charge in [-0.2, -0.15) is 16.6 Å². The van der Waals surface area contributed by atoms with Crippen molar-refractivity contribution in [2.75, 3.05) is 16.4 Å². The van der Waals surface area contributed by atoms with Gasteiger partial charge in [0.1, 0.15) is 0 Å². The van der Waals surface area contributed by atoms with Gasteiger partial charge in [0.15, 0.2) is 0 Å². The van der Waals surface area contributed by atoms with E-state index in [2.05, 4.69) is 22.0 Å². The van der Waals surface area contributed by atoms with Crippen LogP contribution in [0.4, 0.5) is 11.4 Å². The number of nitrogens with one attached hydrogen (secondary N) is 3. The van der Waals surface area contributed by atoms with Gasteiger partial charge in [-0.25, -0.2) is 0 Å². The highest BCUT2D eigenvalue weighted by Gasteiger charge is 2.35. The van der Waals surface area contributed by atoms with Gasteiger partial charge in [-0.3, -0.25) is 9.59 Å². The lowest BCUT2D eigenvalue weighted by Gasteiger charge is -2.29. The van der Waals surface area contributed by atoms with Crippen molar-refractivity contribution < 1.29 is 9.59 Å². The average molecular weight is 535 g/mol. The Balaban J connectivity index is 1.57. The summed E-state index contributed by atoms with van der Waals surface area (Å²) in [5.74, 6) is -0.954. The fourth-order valence-corrected chi connectivity index (χ4v) is 5.57. The first-order valence-electron chi connectivity index (χ1n) is 11.1. The summed E-state index contributed by atoms with van der Waals surface area (Å²) in [5.41, 5.74) is 4.55. The zero-order valence-electron chi connectivity index (χ0n) is 19.6. The Morgan fingerprint density at radius 1 is 1.11 bits per heavy atom. The maximum Gasteiger partial charge on any atom is 0.254 e. The summed E-state index contributed by atoms with van der Waals surface area (Å²) in [6.07, 6.45) is 0. The Morgan fingerprint density at radius 2 is 1.89 bits per heavy atom. The Kier molecular flexibility index (Phi) is 8.16. The van der Waals surface area contributed by atoms with Crippen LogP contribution >= 0.6 is 34.7 Å². The molecular weight excluding hydrogens is 512 g/mol. The quantitative estimate of drug-likeness (QED) is 0.325. The summed E-state index contributed by atoms with van der Waals surface area (Å²) in [7, 11) is 0. The van der Waals surface area contributed by atoms with Crippen LogP contribution in [0, 0.1) is 18.3 Å². The number of thioether (sulfide) groups is 1. The van der Waals surface area contributed by atoms with Gasteiger partial charge in [-0.15, -0.1) is 0 Å². The number of amides is 2. The molecule has 1 unspecified atom stereocenters. The molecule has 0 radical (unpaired) electrons. The van der Waals surface area contributed by atoms with E-state index in [1.807, 2.05) is 61.0 Å². The second-order valence-electron chi connectivity index (χ2n) is 8.13. The van der Waals surface area contributed by atoms with Gasteiger partial charge in [0, 0.05) is 27.7 Å². The highest BCUT2D eigenvalue weighted by Crippen LogP contribution is 2.41. The van der Waals surface area contributed by atoms with Crippen LogP contribution in [0.2, 0.25) is 5.02 Å². The number of aryl methyl sites for hydroxylation is 1. The lowest BCUT2D eigenvalue weighted by Crippen LogP contribution is -2.31. The van der Waals surface area contributed by atoms with Gasteiger partial charge in [-0.1, -0.05) is 41.6 Å². The molecule has 2 aromatic carbocycles. The van der Waals surface area contributed by atoms with Gasteiger partial charge in [0.2, 0.25) is 5.91 Å². The minimum atomic E-state index is -0.546. The molecule has 6 nitrogen and oxygen atoms in total. The van der Waals surface area contributed by atoms with Crippen molar-refractivity contribution >= 4 is 57.9 Å². The number of anilines is 2. The first-order valence-corrected chi connectivity index (χ1v) is 13.4. The van der Waals surface area contributed by atoms with Gasteiger partial charge in [-0.05, 0) is 72.1 Å². The maximum absolute atomic E-state index is 13.4. The Labute approximate surface area is 223 Å². The van der Waals surface area contributed by atoms with Crippen LogP contribution in [0.25, 0.3) is 0 Å². The number of nitrogens with zero attached hydrogens (tertiary/aromatic N) is 1. The second kappa shape index (κ2) is 11.5. The molecule has 0 aliphatic carbocycles. The van der Waals surface area contributed by atoms with Crippen LogP contribution < -0.4 is 16.0 Å². The summed E-state index contributed by atoms with van der Waals surface area (Å²) in [4.78, 5) is 26.0. The predicted octanol–water partition coefficient (Wildman–Crippen LogP) is 6.42. The van der Waals surface area contributed by atoms with Crippen molar-refractivity contribution in [1.29, 1.82) is 5.26 Å². The molecule has 1 aliphatic heterocycles. The number of carbonyl (C=O) groups is 2. The molecule has 1 aliphatic rings. The van der Waals surface area contributed by atoms with Crippen LogP contribution in [-0.2, 0) is 9.59 Å². The van der Waals surface area contributed by atoms with Crippen LogP contribution in [0.1, 0.15) is 24.0 Å². The number of para-hydroxylation sites is 1. The largest absolute Gasteiger partial charge is 0.353 e. The smallest absolute Gasteiger partial charge is 0.254 e. The molecule has 0 spiro atoms. The number of benzene rings is 2. The lowest BCUT2D eigenvalue weighted by atomic mass is 9.83. The third kappa shape index (κ3) is 5.82. The Bertz CT molecular complexity index is 1390. The van der Waals surface area contributed by atoms with E-state index < -0.39 is 5.92 Å². The molecule has 9 heteroatoms. The molecule has 4 rings (SSSR count). The van der Waals surface area contributed by atoms with Gasteiger partial charge >= 0.3 is 0 Å². The van der Waals surface area contributed by atoms with Crippen LogP contribution in [0.3, 0.4) is 0 Å². The molecule has 0 saturated heterocycles. The molecule has 36 heavy (non-hydrogen) atoms. The van der Waals surface area contributed by atoms with Crippen molar-refractivity contribution in [2.24, 2.45) is 0 Å². The van der Waals surface area contributed by atoms with Crippen molar-refractivity contribution in [1.82, 2.24) is 5.32 Å². The molecule has 1 atom stereocenters. The topological polar surface area (TPSA) is 94.0 Å². The molecule has 0 bridgehead atoms. The maximum atomic E-state index is 13.4. The number of rotatable bonds is 7. The second-order valence-corrected chi connectivity index (χ2v) is 10.3. The number of hydrogen-bond acceptors (Lipinski definition) is 6. The number of nitriles is 1. The Morgan fingerprint density at radius 3 is 2.56 bits per heavy atom. The van der Waals surface area contributed by atoms with Crippen molar-refractivity contribution in [3.05, 3.63) is 103 Å². The van der Waals surface area contributed by atoms with E-state index in [1.54, 1.807) is 18.2 Å². The van der Waals surface area contributed by atoms with E-state index in [9.17, 15) is 14.9 Å².